The van der Waals surface area contributed by atoms with E-state index in [0.29, 0.717) is 31.4 Å². The summed E-state index contributed by atoms with van der Waals surface area (Å²) in [6, 6.07) is 3.08. The van der Waals surface area contributed by atoms with E-state index in [0.717, 1.165) is 32.2 Å². The van der Waals surface area contributed by atoms with Gasteiger partial charge in [0.25, 0.3) is 0 Å². The van der Waals surface area contributed by atoms with Gasteiger partial charge in [0.1, 0.15) is 29.1 Å². The molecule has 234 valence electrons. The van der Waals surface area contributed by atoms with Gasteiger partial charge < -0.3 is 21.1 Å². The molecule has 4 fully saturated rings. The average Bonchev–Trinajstić information content (AvgIpc) is 3.56. The first kappa shape index (κ1) is 29.4. The Morgan fingerprint density at radius 1 is 1.16 bits per heavy atom. The van der Waals surface area contributed by atoms with Gasteiger partial charge in [-0.1, -0.05) is 23.7 Å². The van der Waals surface area contributed by atoms with E-state index >= 15 is 4.39 Å². The van der Waals surface area contributed by atoms with Gasteiger partial charge in [0.15, 0.2) is 5.82 Å². The summed E-state index contributed by atoms with van der Waals surface area (Å²) in [7, 11) is 0. The van der Waals surface area contributed by atoms with Crippen LogP contribution >= 0.6 is 11.6 Å². The molecule has 0 saturated carbocycles. The Bertz CT molecular complexity index is 1460. The summed E-state index contributed by atoms with van der Waals surface area (Å²) >= 11 is 6.37. The number of aromatic nitrogens is 2. The van der Waals surface area contributed by atoms with Crippen molar-refractivity contribution in [1.29, 1.82) is 0 Å². The number of benzene rings is 1. The molecule has 14 heteroatoms. The van der Waals surface area contributed by atoms with Crippen LogP contribution in [0.2, 0.25) is 0 Å². The van der Waals surface area contributed by atoms with E-state index in [1.807, 2.05) is 0 Å². The third-order valence-corrected chi connectivity index (χ3v) is 10.6. The molecule has 8 nitrogen and oxygen atoms in total. The Morgan fingerprint density at radius 2 is 1.91 bits per heavy atom. The molecular weight excluding hydrogens is 593 g/mol. The lowest BCUT2D eigenvalue weighted by Crippen LogP contribution is -2.68. The van der Waals surface area contributed by atoms with E-state index in [1.165, 1.54) is 19.2 Å². The van der Waals surface area contributed by atoms with Gasteiger partial charge in [-0.15, -0.1) is 0 Å². The van der Waals surface area contributed by atoms with Crippen LogP contribution in [0.5, 0.6) is 6.01 Å². The molecule has 6 atom stereocenters. The normalized spacial score (nSPS) is 36.8. The highest BCUT2D eigenvalue weighted by atomic mass is 35.5. The molecule has 5 aliphatic heterocycles. The van der Waals surface area contributed by atoms with Gasteiger partial charge in [0.2, 0.25) is 0 Å². The number of hydrogen-bond acceptors (Lipinski definition) is 8. The zero-order valence-corrected chi connectivity index (χ0v) is 24.5. The Labute approximate surface area is 251 Å². The second-order valence-corrected chi connectivity index (χ2v) is 13.5. The van der Waals surface area contributed by atoms with Crippen LogP contribution in [0, 0.1) is 5.82 Å². The first-order valence-corrected chi connectivity index (χ1v) is 15.2. The number of ether oxygens (including phenoxy) is 1. The quantitative estimate of drug-likeness (QED) is 0.338. The highest BCUT2D eigenvalue weighted by molar-refractivity contribution is 6.30. The minimum Gasteiger partial charge on any atom is -0.461 e. The lowest BCUT2D eigenvalue weighted by molar-refractivity contribution is -0.120. The molecule has 1 aromatic heterocycles. The highest BCUT2D eigenvalue weighted by Crippen LogP contribution is 2.50. The largest absolute Gasteiger partial charge is 0.461 e. The van der Waals surface area contributed by atoms with Crippen LogP contribution in [0.3, 0.4) is 0 Å². The van der Waals surface area contributed by atoms with E-state index in [4.69, 9.17) is 22.1 Å². The van der Waals surface area contributed by atoms with E-state index in [2.05, 4.69) is 25.5 Å². The summed E-state index contributed by atoms with van der Waals surface area (Å²) in [5, 5.41) is 5.78. The van der Waals surface area contributed by atoms with Crippen molar-refractivity contribution < 1.29 is 26.7 Å². The second kappa shape index (κ2) is 10.1. The van der Waals surface area contributed by atoms with Gasteiger partial charge >= 0.3 is 12.2 Å². The van der Waals surface area contributed by atoms with Gasteiger partial charge in [-0.2, -0.15) is 18.2 Å². The van der Waals surface area contributed by atoms with Gasteiger partial charge in [0, 0.05) is 61.7 Å². The summed E-state index contributed by atoms with van der Waals surface area (Å²) in [5.41, 5.74) is 1.90. The lowest BCUT2D eigenvalue weighted by Gasteiger charge is -2.53. The maximum absolute atomic E-state index is 16.3. The number of alkyl halides is 4. The average molecular weight is 628 g/mol. The fraction of sp³-hybridized carbons (Fsp3) is 0.655. The molecule has 2 unspecified atom stereocenters. The molecule has 5 aliphatic rings. The second-order valence-electron chi connectivity index (χ2n) is 13.2. The minimum absolute atomic E-state index is 0.0619. The van der Waals surface area contributed by atoms with Crippen LogP contribution in [0.15, 0.2) is 29.1 Å². The smallest absolute Gasteiger partial charge is 0.417 e. The Morgan fingerprint density at radius 3 is 2.63 bits per heavy atom. The van der Waals surface area contributed by atoms with Crippen LogP contribution in [0.1, 0.15) is 51.0 Å². The van der Waals surface area contributed by atoms with E-state index in [9.17, 15) is 17.6 Å². The zero-order valence-electron chi connectivity index (χ0n) is 23.8. The molecule has 2 bridgehead atoms. The number of halogens is 6. The fourth-order valence-electron chi connectivity index (χ4n) is 8.34. The highest BCUT2D eigenvalue weighted by Gasteiger charge is 2.58. The number of nitrogens with zero attached hydrogens (tertiary/aromatic N) is 4. The van der Waals surface area contributed by atoms with Crippen molar-refractivity contribution in [2.75, 3.05) is 32.8 Å². The van der Waals surface area contributed by atoms with Crippen molar-refractivity contribution in [3.63, 3.8) is 0 Å². The SMILES string of the molecule is CC1(N2C[C@H]3CC[C@@H](C2)N3)CC(N)(c2ccc3cnc(OC[C@@]45CCCN4C[C@H](F)C5)nc3c2F)NC(Cl)=C1C(F)(F)F. The fourth-order valence-corrected chi connectivity index (χ4v) is 8.82. The first-order chi connectivity index (χ1) is 20.3. The summed E-state index contributed by atoms with van der Waals surface area (Å²) in [4.78, 5) is 12.4. The molecule has 4 saturated heterocycles. The molecule has 43 heavy (non-hydrogen) atoms. The maximum atomic E-state index is 16.3. The zero-order chi connectivity index (χ0) is 30.4. The lowest BCUT2D eigenvalue weighted by atomic mass is 9.75. The van der Waals surface area contributed by atoms with Crippen LogP contribution in [0.4, 0.5) is 22.0 Å². The standard InChI is InChI=1S/C29H35ClF5N7O/c1-26(42-12-18-4-5-19(13-42)38-18)14-28(36,40-24(30)23(26)29(33,34)35)20-6-3-16-10-37-25(39-22(16)21(20)32)43-15-27-7-2-8-41(27)11-17(31)9-27/h3,6,10,17-19,38,40H,2,4-5,7-9,11-15,36H2,1H3/t17-,18-,19+,26?,27+,28?/m1/s1. The van der Waals surface area contributed by atoms with Gasteiger partial charge in [0.05, 0.1) is 16.7 Å². The van der Waals surface area contributed by atoms with Crippen molar-refractivity contribution in [1.82, 2.24) is 30.4 Å². The minimum atomic E-state index is -4.73. The van der Waals surface area contributed by atoms with Crippen molar-refractivity contribution in [3.05, 3.63) is 40.4 Å². The number of fused-ring (bicyclic) bond motifs is 4. The van der Waals surface area contributed by atoms with Gasteiger partial charge in [-0.3, -0.25) is 9.80 Å². The van der Waals surface area contributed by atoms with E-state index in [1.54, 1.807) is 11.0 Å². The molecule has 0 spiro atoms. The molecule has 6 heterocycles. The Balaban J connectivity index is 1.22. The van der Waals surface area contributed by atoms with Crippen molar-refractivity contribution >= 4 is 22.5 Å². The summed E-state index contributed by atoms with van der Waals surface area (Å²) in [5.74, 6) is -0.798. The van der Waals surface area contributed by atoms with Crippen molar-refractivity contribution in [2.24, 2.45) is 5.73 Å². The number of likely N-dealkylation sites (tertiary alicyclic amines) is 1. The number of nitrogens with two attached hydrogens (primary N) is 1. The van der Waals surface area contributed by atoms with Crippen LogP contribution in [0.25, 0.3) is 10.9 Å². The van der Waals surface area contributed by atoms with Crippen LogP contribution in [-0.2, 0) is 5.66 Å². The molecule has 7 rings (SSSR count). The van der Waals surface area contributed by atoms with Gasteiger partial charge in [-0.25, -0.2) is 13.8 Å². The predicted molar refractivity (Wildman–Crippen MR) is 151 cm³/mol. The summed E-state index contributed by atoms with van der Waals surface area (Å²) < 4.78 is 80.0. The van der Waals surface area contributed by atoms with Crippen molar-refractivity contribution in [3.8, 4) is 6.01 Å². The monoisotopic (exact) mass is 627 g/mol. The van der Waals surface area contributed by atoms with Gasteiger partial charge in [-0.05, 0) is 39.2 Å². The summed E-state index contributed by atoms with van der Waals surface area (Å²) in [6.45, 7) is 3.62. The number of hydrogen-bond donors (Lipinski definition) is 3. The number of nitrogens with one attached hydrogen (secondary N) is 2. The number of rotatable bonds is 5. The van der Waals surface area contributed by atoms with Crippen LogP contribution < -0.4 is 21.1 Å². The van der Waals surface area contributed by atoms with Crippen molar-refractivity contribution in [2.45, 2.75) is 86.6 Å². The maximum Gasteiger partial charge on any atom is 0.417 e. The van der Waals surface area contributed by atoms with E-state index in [-0.39, 0.29) is 42.2 Å². The molecule has 0 aliphatic carbocycles. The van der Waals surface area contributed by atoms with E-state index < -0.39 is 45.6 Å². The third-order valence-electron chi connectivity index (χ3n) is 10.3. The molecule has 2 aromatic rings. The Hall–Kier alpha value is -2.32. The predicted octanol–water partition coefficient (Wildman–Crippen LogP) is 4.04. The molecule has 0 amide bonds. The van der Waals surface area contributed by atoms with Crippen LogP contribution in [-0.4, -0.2) is 88.1 Å². The topological polar surface area (TPSA) is 91.6 Å². The third kappa shape index (κ3) is 4.86. The molecular formula is C29H35ClF5N7O. The first-order valence-electron chi connectivity index (χ1n) is 14.8. The summed E-state index contributed by atoms with van der Waals surface area (Å²) in [6.07, 6.45) is -0.674. The number of piperazine rings is 1. The molecule has 0 radical (unpaired) electrons. The molecule has 4 N–H and O–H groups in total. The molecule has 1 aromatic carbocycles. The Kier molecular flexibility index (Phi) is 6.90.